The molecule has 1 aliphatic heterocycles. The van der Waals surface area contributed by atoms with E-state index < -0.39 is 5.82 Å². The van der Waals surface area contributed by atoms with E-state index in [9.17, 15) is 4.39 Å². The first-order chi connectivity index (χ1) is 12.7. The summed E-state index contributed by atoms with van der Waals surface area (Å²) in [4.78, 5) is 9.92. The molecule has 0 amide bonds. The Morgan fingerprint density at radius 3 is 3.04 bits per heavy atom. The summed E-state index contributed by atoms with van der Waals surface area (Å²) in [5.41, 5.74) is 0.669. The van der Waals surface area contributed by atoms with Crippen LogP contribution in [0.3, 0.4) is 0 Å². The van der Waals surface area contributed by atoms with Crippen molar-refractivity contribution < 1.29 is 13.9 Å². The van der Waals surface area contributed by atoms with Crippen molar-refractivity contribution in [2.75, 3.05) is 38.3 Å². The van der Waals surface area contributed by atoms with Gasteiger partial charge in [0.1, 0.15) is 18.2 Å². The molecule has 0 unspecified atom stereocenters. The number of piperazine rings is 1. The molecule has 6 nitrogen and oxygen atoms in total. The Morgan fingerprint density at radius 1 is 1.38 bits per heavy atom. The Morgan fingerprint density at radius 2 is 2.27 bits per heavy atom. The van der Waals surface area contributed by atoms with Gasteiger partial charge in [0, 0.05) is 44.4 Å². The van der Waals surface area contributed by atoms with Gasteiger partial charge in [-0.05, 0) is 12.1 Å². The maximum Gasteiger partial charge on any atom is 0.215 e. The maximum atomic E-state index is 14.0. The van der Waals surface area contributed by atoms with Crippen molar-refractivity contribution in [2.24, 2.45) is 0 Å². The predicted molar refractivity (Wildman–Crippen MR) is 97.1 cm³/mol. The molecular weight excluding hydrogens is 335 g/mol. The smallest absolute Gasteiger partial charge is 0.215 e. The first kappa shape index (κ1) is 18.1. The monoisotopic (exact) mass is 356 g/mol. The molecule has 0 aliphatic carbocycles. The Bertz CT molecular complexity index is 791. The summed E-state index contributed by atoms with van der Waals surface area (Å²) >= 11 is 0. The fourth-order valence-electron chi connectivity index (χ4n) is 2.88. The van der Waals surface area contributed by atoms with Crippen molar-refractivity contribution >= 4 is 11.5 Å². The van der Waals surface area contributed by atoms with E-state index in [0.29, 0.717) is 18.1 Å². The van der Waals surface area contributed by atoms with Crippen LogP contribution in [-0.2, 0) is 11.3 Å². The summed E-state index contributed by atoms with van der Waals surface area (Å²) in [6, 6.07) is 10.2. The van der Waals surface area contributed by atoms with Crippen LogP contribution in [0.1, 0.15) is 5.56 Å². The lowest BCUT2D eigenvalue weighted by molar-refractivity contribution is 0.163. The largest absolute Gasteiger partial charge is 0.473 e. The van der Waals surface area contributed by atoms with Crippen molar-refractivity contribution in [3.63, 3.8) is 0 Å². The highest BCUT2D eigenvalue weighted by Gasteiger charge is 2.20. The van der Waals surface area contributed by atoms with Crippen LogP contribution in [0.15, 0.2) is 36.4 Å². The molecule has 1 saturated heterocycles. The van der Waals surface area contributed by atoms with E-state index in [4.69, 9.17) is 16.0 Å². The molecule has 26 heavy (non-hydrogen) atoms. The topological polar surface area (TPSA) is 51.0 Å². The summed E-state index contributed by atoms with van der Waals surface area (Å²) in [5, 5.41) is 3.41. The third-order valence-electron chi connectivity index (χ3n) is 4.20. The number of benzene rings is 1. The Labute approximate surface area is 152 Å². The molecule has 7 heteroatoms. The quantitative estimate of drug-likeness (QED) is 0.807. The number of pyridine rings is 1. The molecule has 0 radical (unpaired) electrons. The molecule has 136 valence electrons. The maximum absolute atomic E-state index is 14.0. The first-order valence-corrected chi connectivity index (χ1v) is 8.42. The molecule has 1 N–H and O–H groups in total. The Kier molecular flexibility index (Phi) is 6.00. The zero-order chi connectivity index (χ0) is 18.4. The molecule has 2 aromatic rings. The second-order valence-corrected chi connectivity index (χ2v) is 6.06. The van der Waals surface area contributed by atoms with Crippen LogP contribution >= 0.6 is 0 Å². The van der Waals surface area contributed by atoms with Crippen molar-refractivity contribution in [1.29, 1.82) is 0 Å². The molecule has 2 heterocycles. The number of halogens is 1. The summed E-state index contributed by atoms with van der Waals surface area (Å²) in [5.74, 6) is 0.825. The minimum absolute atomic E-state index is 0.0639. The zero-order valence-corrected chi connectivity index (χ0v) is 14.6. The SMILES string of the molecule is [C-]#[N+]c1ccc(COc2cccc(N3CCN[C@@H](COC)C3)n2)c(F)c1. The Balaban J connectivity index is 1.65. The third-order valence-corrected chi connectivity index (χ3v) is 4.20. The number of ether oxygens (including phenoxy) is 2. The van der Waals surface area contributed by atoms with Gasteiger partial charge >= 0.3 is 0 Å². The van der Waals surface area contributed by atoms with Gasteiger partial charge in [-0.3, -0.25) is 0 Å². The van der Waals surface area contributed by atoms with E-state index >= 15 is 0 Å². The third kappa shape index (κ3) is 4.48. The summed E-state index contributed by atoms with van der Waals surface area (Å²) in [7, 11) is 1.69. The normalized spacial score (nSPS) is 17.0. The van der Waals surface area contributed by atoms with E-state index in [-0.39, 0.29) is 18.3 Å². The highest BCUT2D eigenvalue weighted by atomic mass is 19.1. The number of nitrogens with one attached hydrogen (secondary N) is 1. The van der Waals surface area contributed by atoms with Crippen LogP contribution in [0, 0.1) is 12.4 Å². The van der Waals surface area contributed by atoms with Gasteiger partial charge < -0.3 is 19.7 Å². The van der Waals surface area contributed by atoms with Crippen LogP contribution in [0.2, 0.25) is 0 Å². The minimum atomic E-state index is -0.445. The van der Waals surface area contributed by atoms with Gasteiger partial charge in [0.2, 0.25) is 5.88 Å². The number of hydrogen-bond acceptors (Lipinski definition) is 5. The molecule has 1 aromatic carbocycles. The average Bonchev–Trinajstić information content (AvgIpc) is 2.68. The molecular formula is C19H21FN4O2. The fourth-order valence-corrected chi connectivity index (χ4v) is 2.88. The molecule has 1 atom stereocenters. The molecule has 1 fully saturated rings. The van der Waals surface area contributed by atoms with Crippen LogP contribution in [-0.4, -0.2) is 44.4 Å². The van der Waals surface area contributed by atoms with Gasteiger partial charge in [-0.25, -0.2) is 9.24 Å². The van der Waals surface area contributed by atoms with Gasteiger partial charge in [0.25, 0.3) is 0 Å². The highest BCUT2D eigenvalue weighted by Crippen LogP contribution is 2.21. The summed E-state index contributed by atoms with van der Waals surface area (Å²) in [6.07, 6.45) is 0. The van der Waals surface area contributed by atoms with Crippen molar-refractivity contribution in [3.05, 3.63) is 59.2 Å². The number of methoxy groups -OCH3 is 1. The van der Waals surface area contributed by atoms with E-state index in [0.717, 1.165) is 25.5 Å². The van der Waals surface area contributed by atoms with Crippen molar-refractivity contribution in [3.8, 4) is 5.88 Å². The number of rotatable bonds is 6. The average molecular weight is 356 g/mol. The van der Waals surface area contributed by atoms with E-state index in [1.165, 1.54) is 6.07 Å². The molecule has 0 spiro atoms. The van der Waals surface area contributed by atoms with Gasteiger partial charge in [0.15, 0.2) is 5.69 Å². The number of nitrogens with zero attached hydrogens (tertiary/aromatic N) is 3. The minimum Gasteiger partial charge on any atom is -0.473 e. The molecule has 1 aliphatic rings. The number of anilines is 1. The second kappa shape index (κ2) is 8.61. The van der Waals surface area contributed by atoms with Crippen LogP contribution in [0.4, 0.5) is 15.9 Å². The van der Waals surface area contributed by atoms with Gasteiger partial charge in [-0.1, -0.05) is 18.2 Å². The lowest BCUT2D eigenvalue weighted by atomic mass is 10.2. The molecule has 0 bridgehead atoms. The Hall–Kier alpha value is -2.69. The number of aromatic nitrogens is 1. The van der Waals surface area contributed by atoms with Crippen molar-refractivity contribution in [1.82, 2.24) is 10.3 Å². The lowest BCUT2D eigenvalue weighted by Gasteiger charge is -2.34. The summed E-state index contributed by atoms with van der Waals surface area (Å²) < 4.78 is 24.8. The predicted octanol–water partition coefficient (Wildman–Crippen LogP) is 2.78. The van der Waals surface area contributed by atoms with Crippen molar-refractivity contribution in [2.45, 2.75) is 12.6 Å². The van der Waals surface area contributed by atoms with Crippen LogP contribution in [0.5, 0.6) is 5.88 Å². The van der Waals surface area contributed by atoms with Gasteiger partial charge in [0.05, 0.1) is 13.2 Å². The molecule has 1 aromatic heterocycles. The molecule has 0 saturated carbocycles. The second-order valence-electron chi connectivity index (χ2n) is 6.06. The van der Waals surface area contributed by atoms with Crippen LogP contribution in [0.25, 0.3) is 4.85 Å². The van der Waals surface area contributed by atoms with E-state index in [1.807, 2.05) is 12.1 Å². The lowest BCUT2D eigenvalue weighted by Crippen LogP contribution is -2.52. The number of hydrogen-bond donors (Lipinski definition) is 1. The van der Waals surface area contributed by atoms with Gasteiger partial charge in [-0.15, -0.1) is 0 Å². The standard InChI is InChI=1S/C19H21FN4O2/c1-21-15-7-6-14(17(20)10-15)12-26-19-5-3-4-18(23-19)24-9-8-22-16(11-24)13-25-2/h3-7,10,16,22H,8-9,11-13H2,2H3/t16-/m1/s1. The summed E-state index contributed by atoms with van der Waals surface area (Å²) in [6.45, 7) is 10.1. The van der Waals surface area contributed by atoms with Crippen LogP contribution < -0.4 is 15.0 Å². The van der Waals surface area contributed by atoms with Gasteiger partial charge in [-0.2, -0.15) is 4.98 Å². The first-order valence-electron chi connectivity index (χ1n) is 8.42. The van der Waals surface area contributed by atoms with E-state index in [1.54, 1.807) is 25.3 Å². The fraction of sp³-hybridized carbons (Fsp3) is 0.368. The zero-order valence-electron chi connectivity index (χ0n) is 14.6. The van der Waals surface area contributed by atoms with E-state index in [2.05, 4.69) is 20.0 Å². The highest BCUT2D eigenvalue weighted by molar-refractivity contribution is 5.46. The molecule has 3 rings (SSSR count).